The van der Waals surface area contributed by atoms with E-state index in [2.05, 4.69) is 44.5 Å². The number of amides is 1. The lowest BCUT2D eigenvalue weighted by atomic mass is 10.0. The summed E-state index contributed by atoms with van der Waals surface area (Å²) in [6, 6.07) is 16.1. The van der Waals surface area contributed by atoms with Crippen LogP contribution in [0.5, 0.6) is 0 Å². The molecule has 5 nitrogen and oxygen atoms in total. The number of nitrogens with zero attached hydrogens (tertiary/aromatic N) is 3. The Balaban J connectivity index is 1.47. The summed E-state index contributed by atoms with van der Waals surface area (Å²) in [4.78, 5) is 23.4. The lowest BCUT2D eigenvalue weighted by molar-refractivity contribution is 0.102. The number of fused-ring (bicyclic) bond motifs is 1. The Morgan fingerprint density at radius 1 is 1.00 bits per heavy atom. The third-order valence-corrected chi connectivity index (χ3v) is 4.72. The Morgan fingerprint density at radius 2 is 1.77 bits per heavy atom. The van der Waals surface area contributed by atoms with Crippen LogP contribution in [0.3, 0.4) is 0 Å². The number of hydrogen-bond acceptors (Lipinski definition) is 4. The highest BCUT2D eigenvalue weighted by molar-refractivity contribution is 6.03. The molecule has 0 spiro atoms. The third kappa shape index (κ3) is 3.28. The second-order valence-corrected chi connectivity index (χ2v) is 6.47. The maximum atomic E-state index is 12.4. The fourth-order valence-electron chi connectivity index (χ4n) is 3.19. The molecule has 0 saturated carbocycles. The molecule has 0 bridgehead atoms. The van der Waals surface area contributed by atoms with Gasteiger partial charge in [-0.05, 0) is 36.1 Å². The number of benzene rings is 2. The van der Waals surface area contributed by atoms with Gasteiger partial charge in [0.1, 0.15) is 11.5 Å². The molecular weight excluding hydrogens is 324 g/mol. The second kappa shape index (κ2) is 6.96. The summed E-state index contributed by atoms with van der Waals surface area (Å²) in [7, 11) is 0. The summed E-state index contributed by atoms with van der Waals surface area (Å²) in [5.41, 5.74) is 4.83. The maximum Gasteiger partial charge on any atom is 0.275 e. The number of hydrogen-bond donors (Lipinski definition) is 1. The number of carbonyl (C=O) groups excluding carboxylic acids is 1. The van der Waals surface area contributed by atoms with Crippen LogP contribution in [0.15, 0.2) is 60.9 Å². The zero-order valence-corrected chi connectivity index (χ0v) is 14.6. The van der Waals surface area contributed by atoms with E-state index in [0.29, 0.717) is 5.69 Å². The van der Waals surface area contributed by atoms with Crippen molar-refractivity contribution in [1.29, 1.82) is 0 Å². The topological polar surface area (TPSA) is 58.1 Å². The molecular formula is C21H20N4O. The fourth-order valence-corrected chi connectivity index (χ4v) is 3.19. The number of rotatable bonds is 3. The highest BCUT2D eigenvalue weighted by Gasteiger charge is 2.18. The quantitative estimate of drug-likeness (QED) is 0.789. The molecule has 3 aromatic rings. The first-order chi connectivity index (χ1) is 12.7. The van der Waals surface area contributed by atoms with E-state index in [1.165, 1.54) is 11.1 Å². The fraction of sp³-hybridized carbons (Fsp3) is 0.190. The molecule has 26 heavy (non-hydrogen) atoms. The largest absolute Gasteiger partial charge is 0.351 e. The molecule has 0 fully saturated rings. The summed E-state index contributed by atoms with van der Waals surface area (Å²) in [6.45, 7) is 3.68. The molecule has 0 aliphatic carbocycles. The molecule has 1 aliphatic rings. The van der Waals surface area contributed by atoms with Gasteiger partial charge in [0.15, 0.2) is 0 Å². The van der Waals surface area contributed by atoms with E-state index in [1.807, 2.05) is 31.2 Å². The molecule has 130 valence electrons. The van der Waals surface area contributed by atoms with Gasteiger partial charge in [-0.25, -0.2) is 9.97 Å². The second-order valence-electron chi connectivity index (χ2n) is 6.47. The minimum atomic E-state index is -0.248. The van der Waals surface area contributed by atoms with Gasteiger partial charge in [0, 0.05) is 18.8 Å². The van der Waals surface area contributed by atoms with Crippen molar-refractivity contribution in [2.75, 3.05) is 16.8 Å². The van der Waals surface area contributed by atoms with Crippen molar-refractivity contribution in [1.82, 2.24) is 9.97 Å². The molecule has 1 aliphatic heterocycles. The number of aromatic nitrogens is 2. The third-order valence-electron chi connectivity index (χ3n) is 4.72. The summed E-state index contributed by atoms with van der Waals surface area (Å²) < 4.78 is 0. The zero-order valence-electron chi connectivity index (χ0n) is 14.6. The van der Waals surface area contributed by atoms with Crippen molar-refractivity contribution >= 4 is 17.4 Å². The standard InChI is InChI=1S/C21H20N4O/c1-15-6-2-5-9-18(15)24-21(26)19-12-23-20(13-22-19)25-11-10-16-7-3-4-8-17(16)14-25/h2-9,12-13H,10-11,14H2,1H3,(H,24,26). The Hall–Kier alpha value is -3.21. The number of para-hydroxylation sites is 1. The predicted octanol–water partition coefficient (Wildman–Crippen LogP) is 3.60. The van der Waals surface area contributed by atoms with Crippen LogP contribution in [0.4, 0.5) is 11.5 Å². The monoisotopic (exact) mass is 344 g/mol. The molecule has 0 radical (unpaired) electrons. The zero-order chi connectivity index (χ0) is 17.9. The first-order valence-electron chi connectivity index (χ1n) is 8.71. The van der Waals surface area contributed by atoms with Crippen LogP contribution in [-0.2, 0) is 13.0 Å². The molecule has 1 amide bonds. The molecule has 2 heterocycles. The Labute approximate surface area is 152 Å². The average Bonchev–Trinajstić information content (AvgIpc) is 2.69. The van der Waals surface area contributed by atoms with Crippen LogP contribution in [-0.4, -0.2) is 22.4 Å². The average molecular weight is 344 g/mol. The molecule has 1 aromatic heterocycles. The SMILES string of the molecule is Cc1ccccc1NC(=O)c1cnc(N2CCc3ccccc3C2)cn1. The number of carbonyl (C=O) groups is 1. The lowest BCUT2D eigenvalue weighted by Crippen LogP contribution is -2.31. The van der Waals surface area contributed by atoms with Crippen molar-refractivity contribution in [3.63, 3.8) is 0 Å². The van der Waals surface area contributed by atoms with Crippen LogP contribution in [0.2, 0.25) is 0 Å². The smallest absolute Gasteiger partial charge is 0.275 e. The Kier molecular flexibility index (Phi) is 4.35. The maximum absolute atomic E-state index is 12.4. The molecule has 0 atom stereocenters. The van der Waals surface area contributed by atoms with Crippen molar-refractivity contribution in [2.45, 2.75) is 19.9 Å². The van der Waals surface area contributed by atoms with Crippen LogP contribution in [0.1, 0.15) is 27.2 Å². The summed E-state index contributed by atoms with van der Waals surface area (Å²) >= 11 is 0. The molecule has 2 aromatic carbocycles. The number of aryl methyl sites for hydroxylation is 1. The van der Waals surface area contributed by atoms with Gasteiger partial charge >= 0.3 is 0 Å². The van der Waals surface area contributed by atoms with Crippen molar-refractivity contribution in [2.24, 2.45) is 0 Å². The van der Waals surface area contributed by atoms with Gasteiger partial charge in [-0.3, -0.25) is 4.79 Å². The Morgan fingerprint density at radius 3 is 2.54 bits per heavy atom. The molecule has 0 unspecified atom stereocenters. The van der Waals surface area contributed by atoms with E-state index in [4.69, 9.17) is 0 Å². The van der Waals surface area contributed by atoms with Gasteiger partial charge in [-0.2, -0.15) is 0 Å². The molecule has 4 rings (SSSR count). The summed E-state index contributed by atoms with van der Waals surface area (Å²) in [5.74, 6) is 0.550. The highest BCUT2D eigenvalue weighted by atomic mass is 16.1. The minimum absolute atomic E-state index is 0.248. The normalized spacial score (nSPS) is 13.2. The van der Waals surface area contributed by atoms with Crippen molar-refractivity contribution < 1.29 is 4.79 Å². The summed E-state index contributed by atoms with van der Waals surface area (Å²) in [6.07, 6.45) is 4.22. The first-order valence-corrected chi connectivity index (χ1v) is 8.71. The van der Waals surface area contributed by atoms with Gasteiger partial charge in [0.25, 0.3) is 5.91 Å². The van der Waals surface area contributed by atoms with E-state index < -0.39 is 0 Å². The molecule has 0 saturated heterocycles. The van der Waals surface area contributed by atoms with Gasteiger partial charge in [-0.1, -0.05) is 42.5 Å². The van der Waals surface area contributed by atoms with E-state index in [0.717, 1.165) is 36.6 Å². The number of anilines is 2. The highest BCUT2D eigenvalue weighted by Crippen LogP contribution is 2.22. The van der Waals surface area contributed by atoms with E-state index in [1.54, 1.807) is 12.4 Å². The van der Waals surface area contributed by atoms with Crippen LogP contribution in [0, 0.1) is 6.92 Å². The molecule has 1 N–H and O–H groups in total. The van der Waals surface area contributed by atoms with E-state index in [9.17, 15) is 4.79 Å². The predicted molar refractivity (Wildman–Crippen MR) is 102 cm³/mol. The van der Waals surface area contributed by atoms with E-state index in [-0.39, 0.29) is 5.91 Å². The summed E-state index contributed by atoms with van der Waals surface area (Å²) in [5, 5.41) is 2.88. The van der Waals surface area contributed by atoms with Gasteiger partial charge in [-0.15, -0.1) is 0 Å². The van der Waals surface area contributed by atoms with Gasteiger partial charge in [0.2, 0.25) is 0 Å². The van der Waals surface area contributed by atoms with Crippen LogP contribution in [0.25, 0.3) is 0 Å². The Bertz CT molecular complexity index is 937. The molecule has 5 heteroatoms. The van der Waals surface area contributed by atoms with Crippen LogP contribution < -0.4 is 10.2 Å². The lowest BCUT2D eigenvalue weighted by Gasteiger charge is -2.29. The van der Waals surface area contributed by atoms with Gasteiger partial charge in [0.05, 0.1) is 12.4 Å². The van der Waals surface area contributed by atoms with Crippen molar-refractivity contribution in [3.8, 4) is 0 Å². The minimum Gasteiger partial charge on any atom is -0.351 e. The van der Waals surface area contributed by atoms with Crippen LogP contribution >= 0.6 is 0 Å². The first kappa shape index (κ1) is 16.3. The number of nitrogens with one attached hydrogen (secondary N) is 1. The van der Waals surface area contributed by atoms with Gasteiger partial charge < -0.3 is 10.2 Å². The van der Waals surface area contributed by atoms with E-state index >= 15 is 0 Å². The van der Waals surface area contributed by atoms with Crippen molar-refractivity contribution in [3.05, 3.63) is 83.3 Å².